The summed E-state index contributed by atoms with van der Waals surface area (Å²) in [6, 6.07) is 2.15. The molecular formula is C16H19N7O. The van der Waals surface area contributed by atoms with Crippen LogP contribution < -0.4 is 4.90 Å². The van der Waals surface area contributed by atoms with Gasteiger partial charge >= 0.3 is 0 Å². The van der Waals surface area contributed by atoms with Crippen molar-refractivity contribution in [1.82, 2.24) is 30.0 Å². The van der Waals surface area contributed by atoms with Gasteiger partial charge in [-0.3, -0.25) is 0 Å². The smallest absolute Gasteiger partial charge is 0.229 e. The topological polar surface area (TPSA) is 85.2 Å². The van der Waals surface area contributed by atoms with Gasteiger partial charge in [0.25, 0.3) is 0 Å². The minimum atomic E-state index is 0.501. The third kappa shape index (κ3) is 2.51. The number of hydrogen-bond acceptors (Lipinski definition) is 7. The van der Waals surface area contributed by atoms with Crippen LogP contribution in [0, 0.1) is 0 Å². The van der Waals surface area contributed by atoms with E-state index in [0.29, 0.717) is 11.8 Å². The second kappa shape index (κ2) is 5.25. The average Bonchev–Trinajstić information content (AvgIpc) is 3.53. The quantitative estimate of drug-likeness (QED) is 0.684. The van der Waals surface area contributed by atoms with Gasteiger partial charge in [0.05, 0.1) is 11.4 Å². The normalized spacial score (nSPS) is 17.5. The van der Waals surface area contributed by atoms with Crippen molar-refractivity contribution in [1.29, 1.82) is 0 Å². The van der Waals surface area contributed by atoms with Gasteiger partial charge < -0.3 is 9.42 Å². The molecule has 3 aromatic heterocycles. The highest BCUT2D eigenvalue weighted by atomic mass is 16.5. The second-order valence-corrected chi connectivity index (χ2v) is 6.82. The molecule has 2 aliphatic carbocycles. The minimum absolute atomic E-state index is 0.501. The zero-order valence-electron chi connectivity index (χ0n) is 13.6. The Morgan fingerprint density at radius 3 is 2.88 bits per heavy atom. The molecule has 0 aliphatic heterocycles. The molecule has 2 saturated carbocycles. The van der Waals surface area contributed by atoms with Gasteiger partial charge in [-0.2, -0.15) is 14.6 Å². The van der Waals surface area contributed by atoms with E-state index in [0.717, 1.165) is 41.7 Å². The predicted octanol–water partition coefficient (Wildman–Crippen LogP) is 1.94. The molecule has 3 heterocycles. The molecule has 0 spiro atoms. The molecular weight excluding hydrogens is 306 g/mol. The second-order valence-electron chi connectivity index (χ2n) is 6.82. The Labute approximate surface area is 138 Å². The summed E-state index contributed by atoms with van der Waals surface area (Å²) in [6.07, 6.45) is 7.20. The number of hydrogen-bond donors (Lipinski definition) is 0. The third-order valence-corrected chi connectivity index (χ3v) is 4.76. The molecule has 0 aromatic carbocycles. The maximum Gasteiger partial charge on any atom is 0.229 e. The molecule has 0 radical (unpaired) electrons. The molecule has 2 fully saturated rings. The lowest BCUT2D eigenvalue weighted by Crippen LogP contribution is -2.22. The molecule has 5 rings (SSSR count). The Balaban J connectivity index is 1.36. The number of rotatable bonds is 6. The molecule has 0 unspecified atom stereocenters. The van der Waals surface area contributed by atoms with Gasteiger partial charge in [0, 0.05) is 31.8 Å². The van der Waals surface area contributed by atoms with Crippen LogP contribution in [-0.4, -0.2) is 43.5 Å². The summed E-state index contributed by atoms with van der Waals surface area (Å²) in [5.74, 6) is 2.66. The van der Waals surface area contributed by atoms with Crippen molar-refractivity contribution in [3.8, 4) is 0 Å². The van der Waals surface area contributed by atoms with Crippen LogP contribution in [0.3, 0.4) is 0 Å². The summed E-state index contributed by atoms with van der Waals surface area (Å²) < 4.78 is 7.10. The molecule has 0 amide bonds. The highest BCUT2D eigenvalue weighted by Gasteiger charge is 2.30. The largest absolute Gasteiger partial charge is 0.371 e. The first-order valence-corrected chi connectivity index (χ1v) is 8.52. The number of aromatic nitrogens is 6. The fraction of sp³-hybridized carbons (Fsp3) is 0.562. The van der Waals surface area contributed by atoms with Crippen molar-refractivity contribution in [3.63, 3.8) is 0 Å². The summed E-state index contributed by atoms with van der Waals surface area (Å²) in [5, 5.41) is 16.9. The first kappa shape index (κ1) is 13.9. The standard InChI is InChI=1S/C16H19N7O/c1-22(7-6-14-18-16(24-21-14)11-4-5-11)13-8-12(10-2-3-10)20-23-9-17-19-15(13)23/h8-11H,2-7H2,1H3. The monoisotopic (exact) mass is 325 g/mol. The number of fused-ring (bicyclic) bond motifs is 1. The van der Waals surface area contributed by atoms with Crippen LogP contribution in [0.2, 0.25) is 0 Å². The van der Waals surface area contributed by atoms with Crippen molar-refractivity contribution in [2.75, 3.05) is 18.5 Å². The van der Waals surface area contributed by atoms with Crippen LogP contribution in [0.4, 0.5) is 5.69 Å². The molecule has 8 heteroatoms. The van der Waals surface area contributed by atoms with Crippen LogP contribution in [0.5, 0.6) is 0 Å². The Bertz CT molecular complexity index is 878. The van der Waals surface area contributed by atoms with Gasteiger partial charge in [0.15, 0.2) is 5.82 Å². The van der Waals surface area contributed by atoms with Gasteiger partial charge in [-0.25, -0.2) is 0 Å². The molecule has 24 heavy (non-hydrogen) atoms. The van der Waals surface area contributed by atoms with Crippen molar-refractivity contribution in [2.45, 2.75) is 43.9 Å². The Morgan fingerprint density at radius 2 is 2.08 bits per heavy atom. The first-order valence-electron chi connectivity index (χ1n) is 8.52. The molecule has 0 saturated heterocycles. The van der Waals surface area contributed by atoms with Gasteiger partial charge in [-0.15, -0.1) is 10.2 Å². The van der Waals surface area contributed by atoms with Crippen molar-refractivity contribution in [2.24, 2.45) is 0 Å². The van der Waals surface area contributed by atoms with Gasteiger partial charge in [-0.1, -0.05) is 5.16 Å². The SMILES string of the molecule is CN(CCc1noc(C2CC2)n1)c1cc(C2CC2)nn2cnnc12. The maximum absolute atomic E-state index is 5.33. The van der Waals surface area contributed by atoms with E-state index in [-0.39, 0.29) is 0 Å². The van der Waals surface area contributed by atoms with E-state index >= 15 is 0 Å². The molecule has 124 valence electrons. The Kier molecular flexibility index (Phi) is 3.04. The summed E-state index contributed by atoms with van der Waals surface area (Å²) in [5.41, 5.74) is 2.96. The van der Waals surface area contributed by atoms with Gasteiger partial charge in [0.2, 0.25) is 11.5 Å². The van der Waals surface area contributed by atoms with E-state index in [4.69, 9.17) is 4.52 Å². The van der Waals surface area contributed by atoms with E-state index in [9.17, 15) is 0 Å². The van der Waals surface area contributed by atoms with Crippen LogP contribution in [-0.2, 0) is 6.42 Å². The zero-order chi connectivity index (χ0) is 16.1. The van der Waals surface area contributed by atoms with E-state index in [1.807, 2.05) is 0 Å². The molecule has 0 bridgehead atoms. The highest BCUT2D eigenvalue weighted by molar-refractivity contribution is 5.68. The van der Waals surface area contributed by atoms with E-state index < -0.39 is 0 Å². The molecule has 8 nitrogen and oxygen atoms in total. The van der Waals surface area contributed by atoms with Crippen LogP contribution >= 0.6 is 0 Å². The van der Waals surface area contributed by atoms with Crippen LogP contribution in [0.1, 0.15) is 54.9 Å². The van der Waals surface area contributed by atoms with Gasteiger partial charge in [-0.05, 0) is 31.7 Å². The van der Waals surface area contributed by atoms with E-state index in [1.165, 1.54) is 25.7 Å². The number of nitrogens with zero attached hydrogens (tertiary/aromatic N) is 7. The Hall–Kier alpha value is -2.51. The summed E-state index contributed by atoms with van der Waals surface area (Å²) >= 11 is 0. The Morgan fingerprint density at radius 1 is 1.25 bits per heavy atom. The molecule has 2 aliphatic rings. The third-order valence-electron chi connectivity index (χ3n) is 4.76. The fourth-order valence-electron chi connectivity index (χ4n) is 2.94. The average molecular weight is 325 g/mol. The predicted molar refractivity (Wildman–Crippen MR) is 86.0 cm³/mol. The first-order chi connectivity index (χ1) is 11.8. The van der Waals surface area contributed by atoms with E-state index in [1.54, 1.807) is 10.8 Å². The lowest BCUT2D eigenvalue weighted by atomic mass is 10.2. The number of anilines is 1. The van der Waals surface area contributed by atoms with E-state index in [2.05, 4.69) is 43.5 Å². The van der Waals surface area contributed by atoms with Crippen LogP contribution in [0.25, 0.3) is 5.65 Å². The zero-order valence-corrected chi connectivity index (χ0v) is 13.6. The highest BCUT2D eigenvalue weighted by Crippen LogP contribution is 2.40. The summed E-state index contributed by atoms with van der Waals surface area (Å²) in [4.78, 5) is 6.67. The molecule has 3 aromatic rings. The van der Waals surface area contributed by atoms with Crippen LogP contribution in [0.15, 0.2) is 16.9 Å². The fourth-order valence-corrected chi connectivity index (χ4v) is 2.94. The van der Waals surface area contributed by atoms with Crippen molar-refractivity contribution < 1.29 is 4.52 Å². The van der Waals surface area contributed by atoms with Crippen molar-refractivity contribution in [3.05, 3.63) is 29.8 Å². The summed E-state index contributed by atoms with van der Waals surface area (Å²) in [6.45, 7) is 0.792. The molecule has 0 atom stereocenters. The maximum atomic E-state index is 5.33. The number of likely N-dealkylation sites (N-methyl/N-ethyl adjacent to an activating group) is 1. The van der Waals surface area contributed by atoms with Gasteiger partial charge in [0.1, 0.15) is 6.33 Å². The summed E-state index contributed by atoms with van der Waals surface area (Å²) in [7, 11) is 2.06. The lowest BCUT2D eigenvalue weighted by Gasteiger charge is -2.19. The lowest BCUT2D eigenvalue weighted by molar-refractivity contribution is 0.374. The molecule has 0 N–H and O–H groups in total. The van der Waals surface area contributed by atoms with Crippen molar-refractivity contribution >= 4 is 11.3 Å². The minimum Gasteiger partial charge on any atom is -0.371 e.